The first kappa shape index (κ1) is 11.4. The lowest BCUT2D eigenvalue weighted by Gasteiger charge is -2.05. The lowest BCUT2D eigenvalue weighted by molar-refractivity contribution is -0.110. The number of aldehydes is 1. The fourth-order valence-corrected chi connectivity index (χ4v) is 1.51. The van der Waals surface area contributed by atoms with Crippen LogP contribution in [0, 0.1) is 11.7 Å². The smallest absolute Gasteiger partial charge is 0.127 e. The fourth-order valence-electron chi connectivity index (χ4n) is 1.18. The molecule has 0 aliphatic heterocycles. The Morgan fingerprint density at radius 3 is 2.86 bits per heavy atom. The summed E-state index contributed by atoms with van der Waals surface area (Å²) in [5.41, 5.74) is 0.668. The highest BCUT2D eigenvalue weighted by Gasteiger charge is 2.05. The summed E-state index contributed by atoms with van der Waals surface area (Å²) in [6.45, 7) is 1.84. The second-order valence-corrected chi connectivity index (χ2v) is 4.30. The van der Waals surface area contributed by atoms with E-state index >= 15 is 0 Å². The third-order valence-electron chi connectivity index (χ3n) is 2.12. The number of hydrogen-bond acceptors (Lipinski definition) is 1. The summed E-state index contributed by atoms with van der Waals surface area (Å²) in [5.74, 6) is -0.212. The minimum atomic E-state index is -0.211. The molecular weight excluding hydrogens is 247 g/mol. The van der Waals surface area contributed by atoms with Gasteiger partial charge in [-0.15, -0.1) is 0 Å². The Balaban J connectivity index is 2.63. The number of carbonyl (C=O) groups excluding carboxylic acids is 1. The average Bonchev–Trinajstić information content (AvgIpc) is 2.16. The van der Waals surface area contributed by atoms with Gasteiger partial charge in [-0.3, -0.25) is 0 Å². The van der Waals surface area contributed by atoms with Crippen molar-refractivity contribution in [1.29, 1.82) is 0 Å². The van der Waals surface area contributed by atoms with Gasteiger partial charge in [0.15, 0.2) is 0 Å². The van der Waals surface area contributed by atoms with Gasteiger partial charge < -0.3 is 4.79 Å². The largest absolute Gasteiger partial charge is 0.303 e. The van der Waals surface area contributed by atoms with Crippen molar-refractivity contribution in [2.45, 2.75) is 19.8 Å². The first-order chi connectivity index (χ1) is 6.63. The van der Waals surface area contributed by atoms with Crippen LogP contribution in [-0.4, -0.2) is 6.29 Å². The molecule has 0 amide bonds. The molecule has 1 aromatic rings. The molecule has 0 heterocycles. The van der Waals surface area contributed by atoms with Gasteiger partial charge in [0.1, 0.15) is 12.1 Å². The van der Waals surface area contributed by atoms with E-state index in [1.165, 1.54) is 6.07 Å². The summed E-state index contributed by atoms with van der Waals surface area (Å²) in [6.07, 6.45) is 2.21. The Hall–Kier alpha value is -0.700. The molecule has 0 bridgehead atoms. The van der Waals surface area contributed by atoms with E-state index in [1.807, 2.05) is 13.0 Å². The normalized spacial score (nSPS) is 12.5. The number of halogens is 2. The molecular formula is C11H12BrFO. The van der Waals surface area contributed by atoms with Crippen LogP contribution < -0.4 is 0 Å². The summed E-state index contributed by atoms with van der Waals surface area (Å²) in [6, 6.07) is 5.00. The molecule has 1 atom stereocenters. The molecule has 0 aliphatic rings. The quantitative estimate of drug-likeness (QED) is 0.758. The van der Waals surface area contributed by atoms with Crippen LogP contribution in [0.25, 0.3) is 0 Å². The summed E-state index contributed by atoms with van der Waals surface area (Å²) in [7, 11) is 0. The highest BCUT2D eigenvalue weighted by Crippen LogP contribution is 2.17. The second-order valence-electron chi connectivity index (χ2n) is 3.39. The summed E-state index contributed by atoms with van der Waals surface area (Å²) in [5, 5.41) is 0. The van der Waals surface area contributed by atoms with Crippen LogP contribution >= 0.6 is 15.9 Å². The number of rotatable bonds is 4. The molecule has 14 heavy (non-hydrogen) atoms. The molecule has 0 aromatic heterocycles. The lowest BCUT2D eigenvalue weighted by Crippen LogP contribution is -1.99. The maximum atomic E-state index is 13.3. The molecule has 0 radical (unpaired) electrons. The van der Waals surface area contributed by atoms with Crippen molar-refractivity contribution in [3.05, 3.63) is 34.1 Å². The molecule has 3 heteroatoms. The van der Waals surface area contributed by atoms with Crippen molar-refractivity contribution in [2.24, 2.45) is 5.92 Å². The Kier molecular flexibility index (Phi) is 4.26. The minimum absolute atomic E-state index is 0.00181. The zero-order valence-electron chi connectivity index (χ0n) is 7.97. The van der Waals surface area contributed by atoms with Crippen LogP contribution in [-0.2, 0) is 11.2 Å². The molecule has 1 rings (SSSR count). The zero-order valence-corrected chi connectivity index (χ0v) is 9.55. The van der Waals surface area contributed by atoms with E-state index in [4.69, 9.17) is 0 Å². The zero-order chi connectivity index (χ0) is 10.6. The third-order valence-corrected chi connectivity index (χ3v) is 2.61. The Morgan fingerprint density at radius 1 is 1.57 bits per heavy atom. The Labute approximate surface area is 91.5 Å². The van der Waals surface area contributed by atoms with E-state index in [2.05, 4.69) is 15.9 Å². The molecule has 0 aliphatic carbocycles. The topological polar surface area (TPSA) is 17.1 Å². The molecule has 1 unspecified atom stereocenters. The number of carbonyl (C=O) groups is 1. The van der Waals surface area contributed by atoms with Gasteiger partial charge in [0, 0.05) is 10.4 Å². The van der Waals surface area contributed by atoms with Crippen molar-refractivity contribution in [3.63, 3.8) is 0 Å². The van der Waals surface area contributed by atoms with E-state index in [1.54, 1.807) is 6.07 Å². The molecule has 76 valence electrons. The monoisotopic (exact) mass is 258 g/mol. The standard InChI is InChI=1S/C11H12BrFO/c1-8(7-14)2-3-9-4-5-10(12)6-11(9)13/h4-8H,2-3H2,1H3. The van der Waals surface area contributed by atoms with Gasteiger partial charge >= 0.3 is 0 Å². The van der Waals surface area contributed by atoms with E-state index in [0.29, 0.717) is 18.4 Å². The average molecular weight is 259 g/mol. The van der Waals surface area contributed by atoms with Crippen LogP contribution in [0.2, 0.25) is 0 Å². The highest BCUT2D eigenvalue weighted by molar-refractivity contribution is 9.10. The minimum Gasteiger partial charge on any atom is -0.303 e. The molecule has 0 N–H and O–H groups in total. The Morgan fingerprint density at radius 2 is 2.29 bits per heavy atom. The molecule has 0 fully saturated rings. The van der Waals surface area contributed by atoms with Gasteiger partial charge in [-0.05, 0) is 30.5 Å². The predicted molar refractivity (Wildman–Crippen MR) is 57.6 cm³/mol. The van der Waals surface area contributed by atoms with Gasteiger partial charge in [0.05, 0.1) is 0 Å². The SMILES string of the molecule is CC(C=O)CCc1ccc(Br)cc1F. The van der Waals surface area contributed by atoms with Crippen LogP contribution in [0.4, 0.5) is 4.39 Å². The molecule has 0 saturated heterocycles. The van der Waals surface area contributed by atoms with Gasteiger partial charge in [-0.25, -0.2) is 4.39 Å². The predicted octanol–water partition coefficient (Wildman–Crippen LogP) is 3.36. The summed E-state index contributed by atoms with van der Waals surface area (Å²) >= 11 is 3.19. The summed E-state index contributed by atoms with van der Waals surface area (Å²) in [4.78, 5) is 10.4. The van der Waals surface area contributed by atoms with Gasteiger partial charge in [0.25, 0.3) is 0 Å². The van der Waals surface area contributed by atoms with Crippen molar-refractivity contribution < 1.29 is 9.18 Å². The highest BCUT2D eigenvalue weighted by atomic mass is 79.9. The fraction of sp³-hybridized carbons (Fsp3) is 0.364. The molecule has 1 aromatic carbocycles. The lowest BCUT2D eigenvalue weighted by atomic mass is 10.0. The van der Waals surface area contributed by atoms with Crippen LogP contribution in [0.5, 0.6) is 0 Å². The molecule has 0 saturated carbocycles. The Bertz CT molecular complexity index is 325. The van der Waals surface area contributed by atoms with Gasteiger partial charge in [-0.2, -0.15) is 0 Å². The first-order valence-electron chi connectivity index (χ1n) is 4.52. The van der Waals surface area contributed by atoms with Gasteiger partial charge in [-0.1, -0.05) is 28.9 Å². The van der Waals surface area contributed by atoms with Crippen molar-refractivity contribution in [3.8, 4) is 0 Å². The summed E-state index contributed by atoms with van der Waals surface area (Å²) < 4.78 is 14.0. The van der Waals surface area contributed by atoms with E-state index < -0.39 is 0 Å². The number of hydrogen-bond donors (Lipinski definition) is 0. The number of aryl methyl sites for hydroxylation is 1. The third kappa shape index (κ3) is 3.22. The van der Waals surface area contributed by atoms with Crippen LogP contribution in [0.3, 0.4) is 0 Å². The second kappa shape index (κ2) is 5.25. The first-order valence-corrected chi connectivity index (χ1v) is 5.32. The van der Waals surface area contributed by atoms with Gasteiger partial charge in [0.2, 0.25) is 0 Å². The maximum absolute atomic E-state index is 13.3. The molecule has 1 nitrogen and oxygen atoms in total. The van der Waals surface area contributed by atoms with E-state index in [9.17, 15) is 9.18 Å². The van der Waals surface area contributed by atoms with E-state index in [-0.39, 0.29) is 11.7 Å². The van der Waals surface area contributed by atoms with Crippen LogP contribution in [0.1, 0.15) is 18.9 Å². The van der Waals surface area contributed by atoms with Crippen molar-refractivity contribution >= 4 is 22.2 Å². The van der Waals surface area contributed by atoms with Crippen molar-refractivity contribution in [1.82, 2.24) is 0 Å². The van der Waals surface area contributed by atoms with E-state index in [0.717, 1.165) is 10.8 Å². The van der Waals surface area contributed by atoms with Crippen molar-refractivity contribution in [2.75, 3.05) is 0 Å². The van der Waals surface area contributed by atoms with Crippen LogP contribution in [0.15, 0.2) is 22.7 Å². The number of benzene rings is 1. The molecule has 0 spiro atoms. The maximum Gasteiger partial charge on any atom is 0.127 e.